The van der Waals surface area contributed by atoms with E-state index in [9.17, 15) is 22.8 Å². The molecule has 2 amide bonds. The van der Waals surface area contributed by atoms with Gasteiger partial charge in [-0.05, 0) is 36.4 Å². The van der Waals surface area contributed by atoms with Crippen LogP contribution in [0.5, 0.6) is 5.75 Å². The van der Waals surface area contributed by atoms with Crippen LogP contribution in [0.25, 0.3) is 0 Å². The first-order valence-electron chi connectivity index (χ1n) is 9.10. The van der Waals surface area contributed by atoms with Gasteiger partial charge >= 0.3 is 6.18 Å². The topological polar surface area (TPSA) is 86.8 Å². The van der Waals surface area contributed by atoms with E-state index in [4.69, 9.17) is 14.4 Å². The number of halogens is 3. The zero-order valence-electron chi connectivity index (χ0n) is 15.8. The zero-order valence-corrected chi connectivity index (χ0v) is 15.8. The van der Waals surface area contributed by atoms with Crippen molar-refractivity contribution in [3.05, 3.63) is 53.5 Å². The first kappa shape index (κ1) is 21.2. The lowest BCUT2D eigenvalue weighted by Crippen LogP contribution is -2.51. The number of carbonyl (C=O) groups is 2. The molecule has 158 valence electrons. The molecular formula is C20H18F3N3O4. The van der Waals surface area contributed by atoms with Crippen LogP contribution in [0.4, 0.5) is 13.2 Å². The van der Waals surface area contributed by atoms with Gasteiger partial charge in [-0.1, -0.05) is 0 Å². The maximum Gasteiger partial charge on any atom is 0.397 e. The van der Waals surface area contributed by atoms with E-state index in [0.717, 1.165) is 4.90 Å². The minimum Gasteiger partial charge on any atom is -0.486 e. The highest BCUT2D eigenvalue weighted by molar-refractivity contribution is 5.91. The number of hydrogen-bond donors (Lipinski definition) is 0. The van der Waals surface area contributed by atoms with Crippen molar-refractivity contribution in [2.75, 3.05) is 26.2 Å². The summed E-state index contributed by atoms with van der Waals surface area (Å²) in [4.78, 5) is 26.7. The van der Waals surface area contributed by atoms with Crippen molar-refractivity contribution in [3.63, 3.8) is 0 Å². The SMILES string of the molecule is N#Cc1ccc(OCc2ccc(C(=O)N3CCN(C(=O)CC(F)(F)F)CC3)o2)cc1. The number of piperazine rings is 1. The minimum absolute atomic E-state index is 0.0377. The second kappa shape index (κ2) is 8.90. The summed E-state index contributed by atoms with van der Waals surface area (Å²) in [5, 5.41) is 8.78. The fourth-order valence-corrected chi connectivity index (χ4v) is 2.95. The quantitative estimate of drug-likeness (QED) is 0.741. The van der Waals surface area contributed by atoms with Gasteiger partial charge in [0.05, 0.1) is 11.6 Å². The number of nitriles is 1. The van der Waals surface area contributed by atoms with Gasteiger partial charge in [-0.25, -0.2) is 0 Å². The lowest BCUT2D eigenvalue weighted by atomic mass is 10.2. The summed E-state index contributed by atoms with van der Waals surface area (Å²) >= 11 is 0. The van der Waals surface area contributed by atoms with Gasteiger partial charge in [0.15, 0.2) is 5.76 Å². The number of rotatable bonds is 5. The summed E-state index contributed by atoms with van der Waals surface area (Å²) in [6.07, 6.45) is -6.05. The monoisotopic (exact) mass is 421 g/mol. The molecule has 0 unspecified atom stereocenters. The fourth-order valence-electron chi connectivity index (χ4n) is 2.95. The molecule has 2 heterocycles. The lowest BCUT2D eigenvalue weighted by Gasteiger charge is -2.34. The number of hydrogen-bond acceptors (Lipinski definition) is 5. The summed E-state index contributed by atoms with van der Waals surface area (Å²) in [5.74, 6) is -0.347. The maximum atomic E-state index is 12.5. The van der Waals surface area contributed by atoms with Crippen molar-refractivity contribution in [1.29, 1.82) is 5.26 Å². The van der Waals surface area contributed by atoms with E-state index in [-0.39, 0.29) is 38.5 Å². The Labute approximate surface area is 170 Å². The Morgan fingerprint density at radius 1 is 1.03 bits per heavy atom. The van der Waals surface area contributed by atoms with Crippen LogP contribution in [0, 0.1) is 11.3 Å². The van der Waals surface area contributed by atoms with Crippen LogP contribution in [0.3, 0.4) is 0 Å². The molecule has 0 aliphatic carbocycles. The number of nitrogens with zero attached hydrogens (tertiary/aromatic N) is 3. The van der Waals surface area contributed by atoms with Crippen LogP contribution in [-0.4, -0.2) is 54.0 Å². The Morgan fingerprint density at radius 2 is 1.67 bits per heavy atom. The molecule has 0 saturated carbocycles. The molecule has 3 rings (SSSR count). The Bertz CT molecular complexity index is 939. The van der Waals surface area contributed by atoms with Crippen molar-refractivity contribution in [1.82, 2.24) is 9.80 Å². The van der Waals surface area contributed by atoms with Crippen LogP contribution in [0.1, 0.15) is 28.3 Å². The first-order chi connectivity index (χ1) is 14.2. The molecule has 7 nitrogen and oxygen atoms in total. The fraction of sp³-hybridized carbons (Fsp3) is 0.350. The molecule has 0 N–H and O–H groups in total. The predicted octanol–water partition coefficient (Wildman–Crippen LogP) is 2.97. The van der Waals surface area contributed by atoms with Crippen LogP contribution >= 0.6 is 0 Å². The van der Waals surface area contributed by atoms with E-state index >= 15 is 0 Å². The molecule has 1 saturated heterocycles. The number of furan rings is 1. The average molecular weight is 421 g/mol. The molecule has 0 radical (unpaired) electrons. The van der Waals surface area contributed by atoms with Gasteiger partial charge in [-0.2, -0.15) is 18.4 Å². The minimum atomic E-state index is -4.55. The van der Waals surface area contributed by atoms with E-state index in [1.807, 2.05) is 6.07 Å². The van der Waals surface area contributed by atoms with E-state index in [0.29, 0.717) is 17.1 Å². The second-order valence-corrected chi connectivity index (χ2v) is 6.66. The molecular weight excluding hydrogens is 403 g/mol. The molecule has 1 aromatic heterocycles. The van der Waals surface area contributed by atoms with Crippen LogP contribution in [-0.2, 0) is 11.4 Å². The number of amides is 2. The molecule has 1 aliphatic heterocycles. The summed E-state index contributed by atoms with van der Waals surface area (Å²) in [7, 11) is 0. The second-order valence-electron chi connectivity index (χ2n) is 6.66. The molecule has 2 aromatic rings. The Morgan fingerprint density at radius 3 is 2.27 bits per heavy atom. The molecule has 30 heavy (non-hydrogen) atoms. The summed E-state index contributed by atoms with van der Waals surface area (Å²) in [6.45, 7) is 0.408. The molecule has 1 aliphatic rings. The number of carbonyl (C=O) groups excluding carboxylic acids is 2. The highest BCUT2D eigenvalue weighted by atomic mass is 19.4. The van der Waals surface area contributed by atoms with Gasteiger partial charge in [0, 0.05) is 26.2 Å². The Kier molecular flexibility index (Phi) is 6.30. The van der Waals surface area contributed by atoms with E-state index in [2.05, 4.69) is 0 Å². The van der Waals surface area contributed by atoms with E-state index in [1.165, 1.54) is 11.0 Å². The molecule has 0 spiro atoms. The van der Waals surface area contributed by atoms with Crippen LogP contribution < -0.4 is 4.74 Å². The highest BCUT2D eigenvalue weighted by Gasteiger charge is 2.35. The molecule has 0 bridgehead atoms. The van der Waals surface area contributed by atoms with Crippen molar-refractivity contribution in [3.8, 4) is 11.8 Å². The number of ether oxygens (including phenoxy) is 1. The van der Waals surface area contributed by atoms with Crippen molar-refractivity contribution in [2.24, 2.45) is 0 Å². The molecule has 1 aromatic carbocycles. The standard InChI is InChI=1S/C20H18F3N3O4/c21-20(22,23)11-18(27)25-7-9-26(10-8-25)19(28)17-6-5-16(30-17)13-29-15-3-1-14(12-24)2-4-15/h1-6H,7-11,13H2. The lowest BCUT2D eigenvalue weighted by molar-refractivity contribution is -0.162. The molecule has 1 fully saturated rings. The Hall–Kier alpha value is -3.48. The third kappa shape index (κ3) is 5.53. The van der Waals surface area contributed by atoms with Gasteiger partial charge in [0.2, 0.25) is 5.91 Å². The normalized spacial score (nSPS) is 14.3. The third-order valence-corrected chi connectivity index (χ3v) is 4.51. The van der Waals surface area contributed by atoms with Crippen LogP contribution in [0.15, 0.2) is 40.8 Å². The van der Waals surface area contributed by atoms with Gasteiger partial charge in [-0.15, -0.1) is 0 Å². The third-order valence-electron chi connectivity index (χ3n) is 4.51. The zero-order chi connectivity index (χ0) is 21.7. The number of benzene rings is 1. The molecule has 0 atom stereocenters. The average Bonchev–Trinajstić information content (AvgIpc) is 3.20. The summed E-state index contributed by atoms with van der Waals surface area (Å²) in [6, 6.07) is 11.6. The van der Waals surface area contributed by atoms with Gasteiger partial charge in [0.25, 0.3) is 5.91 Å². The Balaban J connectivity index is 1.50. The van der Waals surface area contributed by atoms with E-state index < -0.39 is 24.4 Å². The first-order valence-corrected chi connectivity index (χ1v) is 9.10. The summed E-state index contributed by atoms with van der Waals surface area (Å²) in [5.41, 5.74) is 0.508. The molecule has 10 heteroatoms. The van der Waals surface area contributed by atoms with Gasteiger partial charge < -0.3 is 19.0 Å². The van der Waals surface area contributed by atoms with Crippen molar-refractivity contribution < 1.29 is 31.9 Å². The summed E-state index contributed by atoms with van der Waals surface area (Å²) < 4.78 is 48.1. The van der Waals surface area contributed by atoms with E-state index in [1.54, 1.807) is 30.3 Å². The van der Waals surface area contributed by atoms with Crippen molar-refractivity contribution in [2.45, 2.75) is 19.2 Å². The smallest absolute Gasteiger partial charge is 0.397 e. The van der Waals surface area contributed by atoms with Gasteiger partial charge in [0.1, 0.15) is 24.5 Å². The van der Waals surface area contributed by atoms with Crippen LogP contribution in [0.2, 0.25) is 0 Å². The maximum absolute atomic E-state index is 12.5. The van der Waals surface area contributed by atoms with Gasteiger partial charge in [-0.3, -0.25) is 9.59 Å². The predicted molar refractivity (Wildman–Crippen MR) is 97.4 cm³/mol. The van der Waals surface area contributed by atoms with Crippen molar-refractivity contribution >= 4 is 11.8 Å². The largest absolute Gasteiger partial charge is 0.486 e. The number of alkyl halides is 3. The highest BCUT2D eigenvalue weighted by Crippen LogP contribution is 2.22.